The second-order valence-electron chi connectivity index (χ2n) is 6.66. The molecule has 2 heterocycles. The SMILES string of the molecule is O=C(O)C1CN(C(=O)C2CC=CCC2c2nc3ccccc3s2)CCO1. The van der Waals surface area contributed by atoms with Crippen molar-refractivity contribution >= 4 is 33.4 Å². The van der Waals surface area contributed by atoms with E-state index in [1.165, 1.54) is 0 Å². The summed E-state index contributed by atoms with van der Waals surface area (Å²) in [6.45, 7) is 0.813. The number of hydrogen-bond donors (Lipinski definition) is 1. The van der Waals surface area contributed by atoms with Crippen LogP contribution in [0.4, 0.5) is 0 Å². The Morgan fingerprint density at radius 3 is 2.85 bits per heavy atom. The van der Waals surface area contributed by atoms with Gasteiger partial charge in [-0.05, 0) is 25.0 Å². The van der Waals surface area contributed by atoms with Crippen LogP contribution in [0.2, 0.25) is 0 Å². The number of carboxylic acid groups (broad SMARTS) is 1. The number of thiazole rings is 1. The molecule has 0 bridgehead atoms. The molecule has 7 heteroatoms. The van der Waals surface area contributed by atoms with Gasteiger partial charge in [0, 0.05) is 12.5 Å². The van der Waals surface area contributed by atoms with Crippen molar-refractivity contribution in [1.29, 1.82) is 0 Å². The van der Waals surface area contributed by atoms with Gasteiger partial charge in [0.2, 0.25) is 5.91 Å². The Morgan fingerprint density at radius 1 is 1.23 bits per heavy atom. The molecule has 2 aromatic rings. The number of ether oxygens (including phenoxy) is 1. The van der Waals surface area contributed by atoms with Gasteiger partial charge in [-0.1, -0.05) is 24.3 Å². The van der Waals surface area contributed by atoms with Crippen LogP contribution in [0.25, 0.3) is 10.2 Å². The van der Waals surface area contributed by atoms with Gasteiger partial charge in [0.15, 0.2) is 6.10 Å². The molecule has 136 valence electrons. The molecule has 1 fully saturated rings. The molecule has 3 atom stereocenters. The number of benzene rings is 1. The molecule has 0 spiro atoms. The van der Waals surface area contributed by atoms with Crippen LogP contribution in [0, 0.1) is 5.92 Å². The molecule has 0 saturated carbocycles. The number of aliphatic carboxylic acids is 1. The van der Waals surface area contributed by atoms with E-state index in [1.54, 1.807) is 16.2 Å². The maximum Gasteiger partial charge on any atom is 0.334 e. The molecule has 3 unspecified atom stereocenters. The van der Waals surface area contributed by atoms with Crippen molar-refractivity contribution in [2.75, 3.05) is 19.7 Å². The van der Waals surface area contributed by atoms with Gasteiger partial charge in [0.05, 0.1) is 34.3 Å². The van der Waals surface area contributed by atoms with Gasteiger partial charge in [-0.15, -0.1) is 11.3 Å². The van der Waals surface area contributed by atoms with Crippen LogP contribution in [-0.2, 0) is 14.3 Å². The van der Waals surface area contributed by atoms with Gasteiger partial charge < -0.3 is 14.7 Å². The van der Waals surface area contributed by atoms with E-state index in [1.807, 2.05) is 30.3 Å². The molecule has 1 aromatic carbocycles. The highest BCUT2D eigenvalue weighted by molar-refractivity contribution is 7.18. The number of aromatic nitrogens is 1. The predicted octanol–water partition coefficient (Wildman–Crippen LogP) is 2.66. The molecule has 1 aliphatic heterocycles. The normalized spacial score (nSPS) is 26.2. The largest absolute Gasteiger partial charge is 0.479 e. The molecule has 1 N–H and O–H groups in total. The first-order valence-corrected chi connectivity index (χ1v) is 9.59. The van der Waals surface area contributed by atoms with Crippen molar-refractivity contribution in [3.8, 4) is 0 Å². The maximum atomic E-state index is 13.1. The fourth-order valence-corrected chi connectivity index (χ4v) is 4.79. The minimum Gasteiger partial charge on any atom is -0.479 e. The zero-order chi connectivity index (χ0) is 18.1. The van der Waals surface area contributed by atoms with Gasteiger partial charge >= 0.3 is 5.97 Å². The minimum absolute atomic E-state index is 0.00755. The van der Waals surface area contributed by atoms with Crippen LogP contribution in [0.1, 0.15) is 23.8 Å². The number of carboxylic acids is 1. The maximum absolute atomic E-state index is 13.1. The van der Waals surface area contributed by atoms with Crippen molar-refractivity contribution in [3.05, 3.63) is 41.4 Å². The first-order chi connectivity index (χ1) is 12.6. The number of hydrogen-bond acceptors (Lipinski definition) is 5. The first-order valence-electron chi connectivity index (χ1n) is 8.77. The third-order valence-corrected chi connectivity index (χ3v) is 6.20. The Kier molecular flexibility index (Phi) is 4.74. The van der Waals surface area contributed by atoms with E-state index in [9.17, 15) is 14.7 Å². The van der Waals surface area contributed by atoms with E-state index >= 15 is 0 Å². The molecule has 2 aliphatic rings. The Balaban J connectivity index is 1.58. The second-order valence-corrected chi connectivity index (χ2v) is 7.72. The molecule has 1 amide bonds. The van der Waals surface area contributed by atoms with Crippen molar-refractivity contribution in [3.63, 3.8) is 0 Å². The van der Waals surface area contributed by atoms with Gasteiger partial charge in [-0.25, -0.2) is 9.78 Å². The molecule has 1 saturated heterocycles. The van der Waals surface area contributed by atoms with Gasteiger partial charge in [0.25, 0.3) is 0 Å². The summed E-state index contributed by atoms with van der Waals surface area (Å²) in [6, 6.07) is 8.00. The van der Waals surface area contributed by atoms with Crippen LogP contribution < -0.4 is 0 Å². The molecule has 0 radical (unpaired) electrons. The predicted molar refractivity (Wildman–Crippen MR) is 98.2 cm³/mol. The van der Waals surface area contributed by atoms with Crippen molar-refractivity contribution in [2.45, 2.75) is 24.9 Å². The average Bonchev–Trinajstić information content (AvgIpc) is 3.11. The Bertz CT molecular complexity index is 829. The monoisotopic (exact) mass is 372 g/mol. The highest BCUT2D eigenvalue weighted by atomic mass is 32.1. The highest BCUT2D eigenvalue weighted by Crippen LogP contribution is 2.39. The van der Waals surface area contributed by atoms with Gasteiger partial charge in [0.1, 0.15) is 0 Å². The number of para-hydroxylation sites is 1. The third-order valence-electron chi connectivity index (χ3n) is 5.03. The Hall–Kier alpha value is -2.25. The van der Waals surface area contributed by atoms with Gasteiger partial charge in [-0.2, -0.15) is 0 Å². The molecule has 6 nitrogen and oxygen atoms in total. The van der Waals surface area contributed by atoms with E-state index < -0.39 is 12.1 Å². The average molecular weight is 372 g/mol. The number of morpholine rings is 1. The van der Waals surface area contributed by atoms with Crippen LogP contribution in [0.5, 0.6) is 0 Å². The lowest BCUT2D eigenvalue weighted by molar-refractivity contribution is -0.160. The summed E-state index contributed by atoms with van der Waals surface area (Å²) < 4.78 is 6.37. The summed E-state index contributed by atoms with van der Waals surface area (Å²) in [4.78, 5) is 30.7. The molecule has 26 heavy (non-hydrogen) atoms. The minimum atomic E-state index is -1.02. The standard InChI is InChI=1S/C19H20N2O4S/c22-18(21-9-10-25-15(11-21)19(23)24)13-6-2-1-5-12(13)17-20-14-7-3-4-8-16(14)26-17/h1-4,7-8,12-13,15H,5-6,9-11H2,(H,23,24). The van der Waals surface area contributed by atoms with Gasteiger partial charge in [-0.3, -0.25) is 4.79 Å². The fraction of sp³-hybridized carbons (Fsp3) is 0.421. The zero-order valence-electron chi connectivity index (χ0n) is 14.2. The molecule has 4 rings (SSSR count). The van der Waals surface area contributed by atoms with E-state index in [0.717, 1.165) is 21.6 Å². The fourth-order valence-electron chi connectivity index (χ4n) is 3.64. The Labute approximate surface area is 155 Å². The molecular weight excluding hydrogens is 352 g/mol. The van der Waals surface area contributed by atoms with Crippen LogP contribution >= 0.6 is 11.3 Å². The summed E-state index contributed by atoms with van der Waals surface area (Å²) in [6.07, 6.45) is 4.66. The lowest BCUT2D eigenvalue weighted by Gasteiger charge is -2.36. The van der Waals surface area contributed by atoms with Crippen LogP contribution in [-0.4, -0.2) is 52.7 Å². The van der Waals surface area contributed by atoms with E-state index in [4.69, 9.17) is 9.72 Å². The van der Waals surface area contributed by atoms with Crippen molar-refractivity contribution < 1.29 is 19.4 Å². The first kappa shape index (κ1) is 17.2. The van der Waals surface area contributed by atoms with Crippen LogP contribution in [0.3, 0.4) is 0 Å². The number of fused-ring (bicyclic) bond motifs is 1. The number of nitrogens with zero attached hydrogens (tertiary/aromatic N) is 2. The third kappa shape index (κ3) is 3.24. The van der Waals surface area contributed by atoms with Crippen molar-refractivity contribution in [2.24, 2.45) is 5.92 Å². The van der Waals surface area contributed by atoms with Crippen molar-refractivity contribution in [1.82, 2.24) is 9.88 Å². The van der Waals surface area contributed by atoms with Crippen LogP contribution in [0.15, 0.2) is 36.4 Å². The van der Waals surface area contributed by atoms with E-state index in [-0.39, 0.29) is 30.9 Å². The number of carbonyl (C=O) groups excluding carboxylic acids is 1. The topological polar surface area (TPSA) is 79.7 Å². The lowest BCUT2D eigenvalue weighted by atomic mass is 9.82. The summed E-state index contributed by atoms with van der Waals surface area (Å²) in [5.41, 5.74) is 0.963. The number of carbonyl (C=O) groups is 2. The molecular formula is C19H20N2O4S. The van der Waals surface area contributed by atoms with E-state index in [2.05, 4.69) is 6.08 Å². The molecule has 1 aromatic heterocycles. The summed E-state index contributed by atoms with van der Waals surface area (Å²) >= 11 is 1.64. The summed E-state index contributed by atoms with van der Waals surface area (Å²) in [5.74, 6) is -1.17. The number of amides is 1. The van der Waals surface area contributed by atoms with E-state index in [0.29, 0.717) is 13.0 Å². The second kappa shape index (κ2) is 7.17. The quantitative estimate of drug-likeness (QED) is 0.838. The smallest absolute Gasteiger partial charge is 0.334 e. The number of allylic oxidation sites excluding steroid dienone is 2. The summed E-state index contributed by atoms with van der Waals surface area (Å²) in [5, 5.41) is 10.2. The summed E-state index contributed by atoms with van der Waals surface area (Å²) in [7, 11) is 0. The zero-order valence-corrected chi connectivity index (χ0v) is 15.0. The highest BCUT2D eigenvalue weighted by Gasteiger charge is 2.37. The molecule has 1 aliphatic carbocycles. The Morgan fingerprint density at radius 2 is 2.04 bits per heavy atom. The lowest BCUT2D eigenvalue weighted by Crippen LogP contribution is -2.51. The number of rotatable bonds is 3.